The number of nitro benzene ring substituents is 1. The van der Waals surface area contributed by atoms with Gasteiger partial charge in [0.05, 0.1) is 17.4 Å². The highest BCUT2D eigenvalue weighted by atomic mass is 35.5. The Morgan fingerprint density at radius 3 is 2.70 bits per heavy atom. The highest BCUT2D eigenvalue weighted by Crippen LogP contribution is 2.21. The first-order chi connectivity index (χ1) is 11.0. The van der Waals surface area contributed by atoms with Crippen LogP contribution in [0.4, 0.5) is 5.69 Å². The molecule has 1 unspecified atom stereocenters. The maximum Gasteiger partial charge on any atom is 0.269 e. The molecule has 0 fully saturated rings. The molecule has 0 heterocycles. The second kappa shape index (κ2) is 7.71. The Hall–Kier alpha value is -2.44. The van der Waals surface area contributed by atoms with Crippen LogP contribution in [-0.4, -0.2) is 22.5 Å². The van der Waals surface area contributed by atoms with Gasteiger partial charge < -0.3 is 10.4 Å². The number of nitrogens with one attached hydrogen (secondary N) is 1. The van der Waals surface area contributed by atoms with Crippen LogP contribution in [0.5, 0.6) is 0 Å². The van der Waals surface area contributed by atoms with E-state index in [0.717, 1.165) is 0 Å². The van der Waals surface area contributed by atoms with Crippen LogP contribution in [0.1, 0.15) is 17.2 Å². The number of aliphatic hydroxyl groups excluding tert-OH is 1. The minimum atomic E-state index is -0.919. The van der Waals surface area contributed by atoms with Gasteiger partial charge in [-0.3, -0.25) is 14.9 Å². The summed E-state index contributed by atoms with van der Waals surface area (Å²) in [5, 5.41) is 23.8. The molecule has 1 atom stereocenters. The Morgan fingerprint density at radius 2 is 2.00 bits per heavy atom. The molecule has 2 aromatic carbocycles. The zero-order valence-corrected chi connectivity index (χ0v) is 12.9. The van der Waals surface area contributed by atoms with Gasteiger partial charge >= 0.3 is 0 Å². The van der Waals surface area contributed by atoms with Crippen molar-refractivity contribution in [1.82, 2.24) is 5.32 Å². The summed E-state index contributed by atoms with van der Waals surface area (Å²) in [6, 6.07) is 12.7. The molecule has 0 radical (unpaired) electrons. The molecule has 23 heavy (non-hydrogen) atoms. The minimum Gasteiger partial charge on any atom is -0.387 e. The smallest absolute Gasteiger partial charge is 0.269 e. The number of nitrogens with zero attached hydrogens (tertiary/aromatic N) is 1. The predicted octanol–water partition coefficient (Wildman–Crippen LogP) is 2.64. The van der Waals surface area contributed by atoms with Crippen molar-refractivity contribution in [3.63, 3.8) is 0 Å². The summed E-state index contributed by atoms with van der Waals surface area (Å²) in [6.45, 7) is 0.0114. The summed E-state index contributed by atoms with van der Waals surface area (Å²) >= 11 is 5.97. The zero-order valence-electron chi connectivity index (χ0n) is 12.1. The van der Waals surface area contributed by atoms with Crippen molar-refractivity contribution >= 4 is 23.2 Å². The van der Waals surface area contributed by atoms with Crippen molar-refractivity contribution in [3.8, 4) is 0 Å². The van der Waals surface area contributed by atoms with Gasteiger partial charge in [0.25, 0.3) is 5.69 Å². The lowest BCUT2D eigenvalue weighted by molar-refractivity contribution is -0.384. The van der Waals surface area contributed by atoms with Crippen molar-refractivity contribution in [2.24, 2.45) is 0 Å². The van der Waals surface area contributed by atoms with Crippen molar-refractivity contribution in [2.75, 3.05) is 6.54 Å². The lowest BCUT2D eigenvalue weighted by atomic mass is 10.1. The Morgan fingerprint density at radius 1 is 1.26 bits per heavy atom. The van der Waals surface area contributed by atoms with E-state index >= 15 is 0 Å². The van der Waals surface area contributed by atoms with Crippen molar-refractivity contribution in [2.45, 2.75) is 12.5 Å². The molecular weight excluding hydrogens is 320 g/mol. The third kappa shape index (κ3) is 4.77. The molecule has 2 aromatic rings. The van der Waals surface area contributed by atoms with E-state index < -0.39 is 11.0 Å². The first kappa shape index (κ1) is 16.9. The predicted molar refractivity (Wildman–Crippen MR) is 86.2 cm³/mol. The van der Waals surface area contributed by atoms with Crippen LogP contribution in [-0.2, 0) is 11.2 Å². The van der Waals surface area contributed by atoms with E-state index in [-0.39, 0.29) is 24.6 Å². The fraction of sp³-hybridized carbons (Fsp3) is 0.188. The van der Waals surface area contributed by atoms with Crippen LogP contribution in [0.3, 0.4) is 0 Å². The number of hydrogen-bond donors (Lipinski definition) is 2. The maximum atomic E-state index is 11.9. The van der Waals surface area contributed by atoms with Gasteiger partial charge in [-0.2, -0.15) is 0 Å². The number of benzene rings is 2. The minimum absolute atomic E-state index is 0.00305. The molecule has 0 aliphatic heterocycles. The molecule has 0 aliphatic rings. The Labute approximate surface area is 137 Å². The Balaban J connectivity index is 1.91. The number of hydrogen-bond acceptors (Lipinski definition) is 4. The molecule has 7 heteroatoms. The molecule has 2 N–H and O–H groups in total. The molecule has 2 rings (SSSR count). The second-order valence-electron chi connectivity index (χ2n) is 4.95. The van der Waals surface area contributed by atoms with Gasteiger partial charge in [0.1, 0.15) is 0 Å². The van der Waals surface area contributed by atoms with E-state index in [1.165, 1.54) is 18.2 Å². The average Bonchev–Trinajstić information content (AvgIpc) is 2.53. The van der Waals surface area contributed by atoms with E-state index in [1.807, 2.05) is 0 Å². The van der Waals surface area contributed by atoms with Crippen molar-refractivity contribution in [3.05, 3.63) is 74.8 Å². The molecule has 0 aliphatic carbocycles. The monoisotopic (exact) mass is 334 g/mol. The summed E-state index contributed by atoms with van der Waals surface area (Å²) in [5.74, 6) is -0.336. The van der Waals surface area contributed by atoms with Crippen LogP contribution in [0.15, 0.2) is 48.5 Å². The van der Waals surface area contributed by atoms with Crippen LogP contribution in [0, 0.1) is 10.1 Å². The van der Waals surface area contributed by atoms with Gasteiger partial charge in [0, 0.05) is 29.3 Å². The SMILES string of the molecule is O=C(Cc1cccc([N+](=O)[O-])c1)NCC(O)c1ccccc1Cl. The Bertz CT molecular complexity index is 721. The standard InChI is InChI=1S/C16H15ClN2O4/c17-14-7-2-1-6-13(14)15(20)10-18-16(21)9-11-4-3-5-12(8-11)19(22)23/h1-8,15,20H,9-10H2,(H,18,21). The molecule has 6 nitrogen and oxygen atoms in total. The van der Waals surface area contributed by atoms with Crippen molar-refractivity contribution < 1.29 is 14.8 Å². The van der Waals surface area contributed by atoms with Crippen LogP contribution in [0.25, 0.3) is 0 Å². The van der Waals surface area contributed by atoms with E-state index in [4.69, 9.17) is 11.6 Å². The molecule has 0 spiro atoms. The van der Waals surface area contributed by atoms with Gasteiger partial charge in [0.15, 0.2) is 0 Å². The number of non-ortho nitro benzene ring substituents is 1. The van der Waals surface area contributed by atoms with Gasteiger partial charge in [0.2, 0.25) is 5.91 Å². The summed E-state index contributed by atoms with van der Waals surface area (Å²) in [7, 11) is 0. The van der Waals surface area contributed by atoms with E-state index in [0.29, 0.717) is 16.1 Å². The summed E-state index contributed by atoms with van der Waals surface area (Å²) in [4.78, 5) is 22.1. The van der Waals surface area contributed by atoms with E-state index in [9.17, 15) is 20.0 Å². The fourth-order valence-corrected chi connectivity index (χ4v) is 2.36. The third-order valence-corrected chi connectivity index (χ3v) is 3.59. The zero-order chi connectivity index (χ0) is 16.8. The van der Waals surface area contributed by atoms with E-state index in [1.54, 1.807) is 30.3 Å². The number of aliphatic hydroxyl groups is 1. The fourth-order valence-electron chi connectivity index (χ4n) is 2.09. The number of rotatable bonds is 6. The van der Waals surface area contributed by atoms with Crippen LogP contribution >= 0.6 is 11.6 Å². The quantitative estimate of drug-likeness (QED) is 0.627. The largest absolute Gasteiger partial charge is 0.387 e. The number of nitro groups is 1. The topological polar surface area (TPSA) is 92.5 Å². The molecule has 1 amide bonds. The summed E-state index contributed by atoms with van der Waals surface area (Å²) in [6.07, 6.45) is -0.922. The van der Waals surface area contributed by atoms with E-state index in [2.05, 4.69) is 5.32 Å². The number of halogens is 1. The maximum absolute atomic E-state index is 11.9. The second-order valence-corrected chi connectivity index (χ2v) is 5.35. The molecule has 120 valence electrons. The van der Waals surface area contributed by atoms with Crippen LogP contribution in [0.2, 0.25) is 5.02 Å². The first-order valence-corrected chi connectivity index (χ1v) is 7.27. The van der Waals surface area contributed by atoms with Crippen LogP contribution < -0.4 is 5.32 Å². The van der Waals surface area contributed by atoms with Gasteiger partial charge in [-0.05, 0) is 11.6 Å². The third-order valence-electron chi connectivity index (χ3n) is 3.24. The molecule has 0 saturated carbocycles. The highest BCUT2D eigenvalue weighted by molar-refractivity contribution is 6.31. The molecule has 0 aromatic heterocycles. The molecule has 0 saturated heterocycles. The summed E-state index contributed by atoms with van der Waals surface area (Å²) < 4.78 is 0. The Kier molecular flexibility index (Phi) is 5.67. The van der Waals surface area contributed by atoms with Crippen molar-refractivity contribution in [1.29, 1.82) is 0 Å². The molecular formula is C16H15ClN2O4. The number of carbonyl (C=O) groups excluding carboxylic acids is 1. The summed E-state index contributed by atoms with van der Waals surface area (Å²) in [5.41, 5.74) is 1.00. The lowest BCUT2D eigenvalue weighted by Crippen LogP contribution is -2.29. The highest BCUT2D eigenvalue weighted by Gasteiger charge is 2.13. The van der Waals surface area contributed by atoms with Gasteiger partial charge in [-0.25, -0.2) is 0 Å². The normalized spacial score (nSPS) is 11.7. The van der Waals surface area contributed by atoms with Gasteiger partial charge in [-0.1, -0.05) is 41.9 Å². The lowest BCUT2D eigenvalue weighted by Gasteiger charge is -2.13. The first-order valence-electron chi connectivity index (χ1n) is 6.90. The van der Waals surface area contributed by atoms with Gasteiger partial charge in [-0.15, -0.1) is 0 Å². The average molecular weight is 335 g/mol. The number of amides is 1. The number of carbonyl (C=O) groups is 1. The molecule has 0 bridgehead atoms.